The molecule has 2 fully saturated rings. The maximum atomic E-state index is 6.32. The van der Waals surface area contributed by atoms with E-state index >= 15 is 0 Å². The zero-order valence-corrected chi connectivity index (χ0v) is 13.1. The molecule has 21 heavy (non-hydrogen) atoms. The van der Waals surface area contributed by atoms with Gasteiger partial charge in [-0.1, -0.05) is 24.3 Å². The fourth-order valence-electron chi connectivity index (χ4n) is 4.99. The topological polar surface area (TPSA) is 32.5 Å². The first-order chi connectivity index (χ1) is 10.2. The SMILES string of the molecule is CC1CN2CCCC2CN1C1(CN)Cc2ccccc2C1. The Hall–Kier alpha value is -0.900. The molecule has 0 saturated carbocycles. The predicted octanol–water partition coefficient (Wildman–Crippen LogP) is 1.65. The molecule has 2 saturated heterocycles. The molecule has 2 heterocycles. The van der Waals surface area contributed by atoms with Gasteiger partial charge in [0.2, 0.25) is 0 Å². The molecule has 2 atom stereocenters. The number of benzene rings is 1. The van der Waals surface area contributed by atoms with Crippen molar-refractivity contribution in [1.82, 2.24) is 9.80 Å². The van der Waals surface area contributed by atoms with Crippen molar-refractivity contribution in [3.8, 4) is 0 Å². The van der Waals surface area contributed by atoms with Crippen molar-refractivity contribution in [2.75, 3.05) is 26.2 Å². The van der Waals surface area contributed by atoms with Crippen LogP contribution in [-0.4, -0.2) is 53.6 Å². The standard InChI is InChI=1S/C18H27N3/c1-14-11-20-8-4-7-17(20)12-21(14)18(13-19)9-15-5-2-3-6-16(15)10-18/h2-3,5-6,14,17H,4,7-13,19H2,1H3. The first-order valence-corrected chi connectivity index (χ1v) is 8.49. The maximum absolute atomic E-state index is 6.32. The van der Waals surface area contributed by atoms with Gasteiger partial charge in [-0.25, -0.2) is 0 Å². The molecule has 1 aromatic carbocycles. The lowest BCUT2D eigenvalue weighted by Crippen LogP contribution is -2.66. The summed E-state index contributed by atoms with van der Waals surface area (Å²) in [7, 11) is 0. The van der Waals surface area contributed by atoms with E-state index in [2.05, 4.69) is 41.0 Å². The fourth-order valence-corrected chi connectivity index (χ4v) is 4.99. The molecule has 4 rings (SSSR count). The molecule has 3 nitrogen and oxygen atoms in total. The molecule has 114 valence electrons. The van der Waals surface area contributed by atoms with Crippen molar-refractivity contribution in [2.24, 2.45) is 5.73 Å². The van der Waals surface area contributed by atoms with E-state index < -0.39 is 0 Å². The van der Waals surface area contributed by atoms with Crippen LogP contribution in [0.1, 0.15) is 30.9 Å². The lowest BCUT2D eigenvalue weighted by Gasteiger charge is -2.51. The summed E-state index contributed by atoms with van der Waals surface area (Å²) in [5.41, 5.74) is 9.52. The average Bonchev–Trinajstić information content (AvgIpc) is 3.09. The molecule has 1 aromatic rings. The monoisotopic (exact) mass is 285 g/mol. The molecule has 0 spiro atoms. The highest BCUT2D eigenvalue weighted by Gasteiger charge is 2.47. The Morgan fingerprint density at radius 1 is 1.19 bits per heavy atom. The van der Waals surface area contributed by atoms with E-state index in [1.807, 2.05) is 0 Å². The number of rotatable bonds is 2. The van der Waals surface area contributed by atoms with E-state index in [9.17, 15) is 0 Å². The molecule has 2 aliphatic heterocycles. The van der Waals surface area contributed by atoms with Crippen LogP contribution in [-0.2, 0) is 12.8 Å². The third kappa shape index (κ3) is 2.14. The zero-order chi connectivity index (χ0) is 14.4. The summed E-state index contributed by atoms with van der Waals surface area (Å²) in [5.74, 6) is 0. The second-order valence-electron chi connectivity index (χ2n) is 7.34. The van der Waals surface area contributed by atoms with Crippen LogP contribution in [0.5, 0.6) is 0 Å². The normalized spacial score (nSPS) is 32.1. The zero-order valence-electron chi connectivity index (χ0n) is 13.1. The molecule has 2 N–H and O–H groups in total. The summed E-state index contributed by atoms with van der Waals surface area (Å²) in [6.07, 6.45) is 5.02. The van der Waals surface area contributed by atoms with Crippen LogP contribution in [0, 0.1) is 0 Å². The largest absolute Gasteiger partial charge is 0.329 e. The predicted molar refractivity (Wildman–Crippen MR) is 86.4 cm³/mol. The van der Waals surface area contributed by atoms with Crippen molar-refractivity contribution in [1.29, 1.82) is 0 Å². The molecule has 0 aromatic heterocycles. The number of hydrogen-bond donors (Lipinski definition) is 1. The van der Waals surface area contributed by atoms with E-state index in [1.165, 1.54) is 43.6 Å². The van der Waals surface area contributed by atoms with Gasteiger partial charge in [0.1, 0.15) is 0 Å². The third-order valence-electron chi connectivity index (χ3n) is 6.08. The van der Waals surface area contributed by atoms with Gasteiger partial charge in [-0.3, -0.25) is 9.80 Å². The van der Waals surface area contributed by atoms with E-state index in [0.717, 1.165) is 25.4 Å². The summed E-state index contributed by atoms with van der Waals surface area (Å²) in [4.78, 5) is 5.47. The summed E-state index contributed by atoms with van der Waals surface area (Å²) < 4.78 is 0. The highest BCUT2D eigenvalue weighted by atomic mass is 15.3. The van der Waals surface area contributed by atoms with Gasteiger partial charge >= 0.3 is 0 Å². The van der Waals surface area contributed by atoms with E-state index in [4.69, 9.17) is 5.73 Å². The second kappa shape index (κ2) is 5.08. The molecule has 0 amide bonds. The lowest BCUT2D eigenvalue weighted by molar-refractivity contribution is -0.0164. The van der Waals surface area contributed by atoms with Crippen molar-refractivity contribution in [3.05, 3.63) is 35.4 Å². The molecule has 0 bridgehead atoms. The van der Waals surface area contributed by atoms with Gasteiger partial charge in [-0.05, 0) is 50.3 Å². The van der Waals surface area contributed by atoms with E-state index in [-0.39, 0.29) is 5.54 Å². The van der Waals surface area contributed by atoms with Gasteiger partial charge in [0, 0.05) is 37.3 Å². The highest BCUT2D eigenvalue weighted by molar-refractivity contribution is 5.37. The second-order valence-corrected chi connectivity index (χ2v) is 7.34. The Kier molecular flexibility index (Phi) is 3.32. The van der Waals surface area contributed by atoms with Gasteiger partial charge in [-0.2, -0.15) is 0 Å². The summed E-state index contributed by atoms with van der Waals surface area (Å²) in [6.45, 7) is 6.92. The van der Waals surface area contributed by atoms with Crippen LogP contribution >= 0.6 is 0 Å². The molecule has 0 radical (unpaired) electrons. The van der Waals surface area contributed by atoms with E-state index in [1.54, 1.807) is 0 Å². The average molecular weight is 285 g/mol. The van der Waals surface area contributed by atoms with Gasteiger partial charge < -0.3 is 5.73 Å². The van der Waals surface area contributed by atoms with Gasteiger partial charge in [-0.15, -0.1) is 0 Å². The van der Waals surface area contributed by atoms with Crippen molar-refractivity contribution in [3.63, 3.8) is 0 Å². The Labute approximate surface area is 128 Å². The number of nitrogens with zero attached hydrogens (tertiary/aromatic N) is 2. The molecule has 2 unspecified atom stereocenters. The van der Waals surface area contributed by atoms with Crippen LogP contribution < -0.4 is 5.73 Å². The Balaban J connectivity index is 1.62. The Bertz CT molecular complexity index is 502. The van der Waals surface area contributed by atoms with Crippen LogP contribution in [0.15, 0.2) is 24.3 Å². The van der Waals surface area contributed by atoms with Gasteiger partial charge in [0.15, 0.2) is 0 Å². The van der Waals surface area contributed by atoms with Crippen LogP contribution in [0.3, 0.4) is 0 Å². The first-order valence-electron chi connectivity index (χ1n) is 8.49. The number of nitrogens with two attached hydrogens (primary N) is 1. The van der Waals surface area contributed by atoms with Crippen molar-refractivity contribution >= 4 is 0 Å². The number of hydrogen-bond acceptors (Lipinski definition) is 3. The third-order valence-corrected chi connectivity index (χ3v) is 6.08. The van der Waals surface area contributed by atoms with E-state index in [0.29, 0.717) is 6.04 Å². The van der Waals surface area contributed by atoms with Gasteiger partial charge in [0.05, 0.1) is 0 Å². The summed E-state index contributed by atoms with van der Waals surface area (Å²) in [5, 5.41) is 0. The molecular formula is C18H27N3. The summed E-state index contributed by atoms with van der Waals surface area (Å²) >= 11 is 0. The van der Waals surface area contributed by atoms with Crippen LogP contribution in [0.2, 0.25) is 0 Å². The quantitative estimate of drug-likeness (QED) is 0.897. The molecule has 3 aliphatic rings. The van der Waals surface area contributed by atoms with Crippen LogP contribution in [0.25, 0.3) is 0 Å². The minimum atomic E-state index is 0.164. The summed E-state index contributed by atoms with van der Waals surface area (Å²) in [6, 6.07) is 10.3. The molecule has 1 aliphatic carbocycles. The van der Waals surface area contributed by atoms with Crippen molar-refractivity contribution in [2.45, 2.75) is 50.2 Å². The minimum absolute atomic E-state index is 0.164. The maximum Gasteiger partial charge on any atom is 0.0416 e. The van der Waals surface area contributed by atoms with Crippen LogP contribution in [0.4, 0.5) is 0 Å². The highest BCUT2D eigenvalue weighted by Crippen LogP contribution is 2.38. The Morgan fingerprint density at radius 3 is 2.57 bits per heavy atom. The number of fused-ring (bicyclic) bond motifs is 2. The number of piperazine rings is 1. The Morgan fingerprint density at radius 2 is 1.90 bits per heavy atom. The smallest absolute Gasteiger partial charge is 0.0416 e. The lowest BCUT2D eigenvalue weighted by atomic mass is 9.89. The molecular weight excluding hydrogens is 258 g/mol. The first kappa shape index (κ1) is 13.7. The van der Waals surface area contributed by atoms with Gasteiger partial charge in [0.25, 0.3) is 0 Å². The molecule has 3 heteroatoms. The van der Waals surface area contributed by atoms with Crippen molar-refractivity contribution < 1.29 is 0 Å². The fraction of sp³-hybridized carbons (Fsp3) is 0.667. The minimum Gasteiger partial charge on any atom is -0.329 e.